The summed E-state index contributed by atoms with van der Waals surface area (Å²) < 4.78 is 35.0. The van der Waals surface area contributed by atoms with E-state index >= 15 is 0 Å². The molecule has 3 atom stereocenters. The Bertz CT molecular complexity index is 246. The van der Waals surface area contributed by atoms with Crippen molar-refractivity contribution >= 4 is 0 Å². The van der Waals surface area contributed by atoms with Gasteiger partial charge in [-0.1, -0.05) is 6.92 Å². The Hall–Kier alpha value is -0.230. The molecule has 0 saturated carbocycles. The first-order chi connectivity index (χ1) is 9.13. The van der Waals surface area contributed by atoms with E-state index in [0.717, 1.165) is 19.6 Å². The maximum Gasteiger partial charge on any atom is 0.104 e. The molecule has 3 unspecified atom stereocenters. The molecule has 2 aliphatic heterocycles. The molecule has 5 heteroatoms. The highest BCUT2D eigenvalue weighted by Crippen LogP contribution is 2.31. The van der Waals surface area contributed by atoms with E-state index in [0.29, 0.717) is 32.8 Å². The average Bonchev–Trinajstić information content (AvgIpc) is 3.22. The second-order valence-electron chi connectivity index (χ2n) is 5.78. The van der Waals surface area contributed by atoms with Crippen molar-refractivity contribution in [2.75, 3.05) is 39.6 Å². The Morgan fingerprint density at radius 3 is 1.95 bits per heavy atom. The molecule has 0 bridgehead atoms. The molecule has 0 amide bonds. The fraction of sp³-hybridized carbons (Fsp3) is 1.00. The van der Waals surface area contributed by atoms with Crippen molar-refractivity contribution in [2.45, 2.75) is 45.1 Å². The molecular formula is C14H25FO4. The average molecular weight is 276 g/mol. The topological polar surface area (TPSA) is 43.5 Å². The third kappa shape index (κ3) is 5.73. The first-order valence-electron chi connectivity index (χ1n) is 7.16. The first kappa shape index (κ1) is 15.2. The van der Waals surface area contributed by atoms with Gasteiger partial charge in [0, 0.05) is 5.41 Å². The Balaban J connectivity index is 1.75. The molecule has 4 nitrogen and oxygen atoms in total. The molecule has 19 heavy (non-hydrogen) atoms. The van der Waals surface area contributed by atoms with Gasteiger partial charge in [0.25, 0.3) is 0 Å². The minimum Gasteiger partial charge on any atom is -0.378 e. The van der Waals surface area contributed by atoms with Gasteiger partial charge in [0.2, 0.25) is 0 Å². The molecule has 2 heterocycles. The Morgan fingerprint density at radius 1 is 1.16 bits per heavy atom. The highest BCUT2D eigenvalue weighted by atomic mass is 19.1. The van der Waals surface area contributed by atoms with E-state index in [2.05, 4.69) is 6.92 Å². The number of alkyl halides is 1. The van der Waals surface area contributed by atoms with Gasteiger partial charge in [-0.15, -0.1) is 0 Å². The van der Waals surface area contributed by atoms with E-state index in [9.17, 15) is 4.39 Å². The number of hydrogen-bond acceptors (Lipinski definition) is 4. The van der Waals surface area contributed by atoms with Gasteiger partial charge in [-0.05, 0) is 19.8 Å². The Kier molecular flexibility index (Phi) is 5.57. The van der Waals surface area contributed by atoms with E-state index in [4.69, 9.17) is 18.9 Å². The van der Waals surface area contributed by atoms with E-state index in [1.54, 1.807) is 6.92 Å². The van der Waals surface area contributed by atoms with E-state index < -0.39 is 6.17 Å². The number of ether oxygens (including phenoxy) is 4. The molecule has 0 aromatic carbocycles. The monoisotopic (exact) mass is 276 g/mol. The van der Waals surface area contributed by atoms with Gasteiger partial charge in [-0.3, -0.25) is 0 Å². The van der Waals surface area contributed by atoms with Crippen LogP contribution in [0.25, 0.3) is 0 Å². The summed E-state index contributed by atoms with van der Waals surface area (Å²) in [7, 11) is 0. The number of hydrogen-bond donors (Lipinski definition) is 0. The van der Waals surface area contributed by atoms with Crippen LogP contribution in [-0.4, -0.2) is 58.0 Å². The fourth-order valence-electron chi connectivity index (χ4n) is 2.25. The maximum atomic E-state index is 13.4. The van der Waals surface area contributed by atoms with Crippen LogP contribution in [0, 0.1) is 5.41 Å². The van der Waals surface area contributed by atoms with Gasteiger partial charge in [-0.25, -0.2) is 4.39 Å². The van der Waals surface area contributed by atoms with Crippen LogP contribution in [0.15, 0.2) is 0 Å². The van der Waals surface area contributed by atoms with Crippen LogP contribution in [-0.2, 0) is 18.9 Å². The molecule has 0 N–H and O–H groups in total. The van der Waals surface area contributed by atoms with Crippen LogP contribution >= 0.6 is 0 Å². The zero-order valence-corrected chi connectivity index (χ0v) is 11.9. The SMILES string of the molecule is CCC(COCC1CO1)(COCC1CO1)CC(C)F. The van der Waals surface area contributed by atoms with E-state index in [1.807, 2.05) is 0 Å². The summed E-state index contributed by atoms with van der Waals surface area (Å²) in [5.74, 6) is 0. The van der Waals surface area contributed by atoms with Gasteiger partial charge in [0.15, 0.2) is 0 Å². The molecule has 0 spiro atoms. The number of halogens is 1. The normalized spacial score (nSPS) is 29.8. The van der Waals surface area contributed by atoms with Crippen LogP contribution in [0.1, 0.15) is 26.7 Å². The predicted octanol–water partition coefficient (Wildman–Crippen LogP) is 1.96. The summed E-state index contributed by atoms with van der Waals surface area (Å²) in [5.41, 5.74) is -0.238. The van der Waals surface area contributed by atoms with Crippen molar-refractivity contribution in [2.24, 2.45) is 5.41 Å². The predicted molar refractivity (Wildman–Crippen MR) is 69.0 cm³/mol. The molecule has 112 valence electrons. The minimum atomic E-state index is -0.846. The van der Waals surface area contributed by atoms with Crippen LogP contribution in [0.2, 0.25) is 0 Å². The standard InChI is InChI=1S/C14H25FO4/c1-3-14(4-11(2)15,9-16-5-12-7-18-12)10-17-6-13-8-19-13/h11-13H,3-10H2,1-2H3. The molecule has 0 radical (unpaired) electrons. The molecule has 2 fully saturated rings. The van der Waals surface area contributed by atoms with Crippen LogP contribution in [0.5, 0.6) is 0 Å². The molecule has 2 rings (SSSR count). The number of rotatable bonds is 11. The van der Waals surface area contributed by atoms with Gasteiger partial charge in [0.05, 0.1) is 45.8 Å². The Morgan fingerprint density at radius 2 is 1.63 bits per heavy atom. The molecule has 0 aromatic heterocycles. The van der Waals surface area contributed by atoms with Crippen molar-refractivity contribution in [1.29, 1.82) is 0 Å². The van der Waals surface area contributed by atoms with Crippen molar-refractivity contribution < 1.29 is 23.3 Å². The molecule has 0 aromatic rings. The van der Waals surface area contributed by atoms with Crippen LogP contribution < -0.4 is 0 Å². The summed E-state index contributed by atoms with van der Waals surface area (Å²) in [4.78, 5) is 0. The zero-order chi connectivity index (χ0) is 13.7. The van der Waals surface area contributed by atoms with E-state index in [1.165, 1.54) is 0 Å². The summed E-state index contributed by atoms with van der Waals surface area (Å²) in [6, 6.07) is 0. The lowest BCUT2D eigenvalue weighted by Gasteiger charge is -2.33. The van der Waals surface area contributed by atoms with Crippen molar-refractivity contribution in [3.05, 3.63) is 0 Å². The largest absolute Gasteiger partial charge is 0.378 e. The van der Waals surface area contributed by atoms with E-state index in [-0.39, 0.29) is 17.6 Å². The highest BCUT2D eigenvalue weighted by molar-refractivity contribution is 4.81. The van der Waals surface area contributed by atoms with Crippen molar-refractivity contribution in [3.63, 3.8) is 0 Å². The van der Waals surface area contributed by atoms with Gasteiger partial charge < -0.3 is 18.9 Å². The lowest BCUT2D eigenvalue weighted by atomic mass is 9.82. The third-order valence-corrected chi connectivity index (χ3v) is 3.69. The third-order valence-electron chi connectivity index (χ3n) is 3.69. The maximum absolute atomic E-state index is 13.4. The molecule has 2 aliphatic rings. The van der Waals surface area contributed by atoms with Gasteiger partial charge in [0.1, 0.15) is 12.2 Å². The minimum absolute atomic E-state index is 0.238. The van der Waals surface area contributed by atoms with Crippen LogP contribution in [0.4, 0.5) is 4.39 Å². The summed E-state index contributed by atoms with van der Waals surface area (Å²) >= 11 is 0. The lowest BCUT2D eigenvalue weighted by molar-refractivity contribution is -0.0441. The second-order valence-corrected chi connectivity index (χ2v) is 5.78. The summed E-state index contributed by atoms with van der Waals surface area (Å²) in [6.07, 6.45) is 0.969. The summed E-state index contributed by atoms with van der Waals surface area (Å²) in [5, 5.41) is 0. The van der Waals surface area contributed by atoms with Crippen molar-refractivity contribution in [3.8, 4) is 0 Å². The fourth-order valence-corrected chi connectivity index (χ4v) is 2.25. The Labute approximate surface area is 114 Å². The molecule has 2 saturated heterocycles. The summed E-state index contributed by atoms with van der Waals surface area (Å²) in [6.45, 7) is 7.51. The second kappa shape index (κ2) is 6.97. The van der Waals surface area contributed by atoms with Gasteiger partial charge >= 0.3 is 0 Å². The van der Waals surface area contributed by atoms with Gasteiger partial charge in [-0.2, -0.15) is 0 Å². The lowest BCUT2D eigenvalue weighted by Crippen LogP contribution is -2.35. The van der Waals surface area contributed by atoms with Crippen LogP contribution in [0.3, 0.4) is 0 Å². The zero-order valence-electron chi connectivity index (χ0n) is 11.9. The molecule has 0 aliphatic carbocycles. The quantitative estimate of drug-likeness (QED) is 0.541. The highest BCUT2D eigenvalue weighted by Gasteiger charge is 2.33. The van der Waals surface area contributed by atoms with Crippen molar-refractivity contribution in [1.82, 2.24) is 0 Å². The smallest absolute Gasteiger partial charge is 0.104 e. The molecular weight excluding hydrogens is 251 g/mol. The first-order valence-corrected chi connectivity index (χ1v) is 7.16. The number of epoxide rings is 2.